The van der Waals surface area contributed by atoms with Gasteiger partial charge in [-0.25, -0.2) is 4.98 Å². The maximum absolute atomic E-state index is 12.8. The molecule has 4 rings (SSSR count). The molecule has 0 fully saturated rings. The second-order valence-corrected chi connectivity index (χ2v) is 6.44. The third kappa shape index (κ3) is 2.91. The molecule has 5 nitrogen and oxygen atoms in total. The summed E-state index contributed by atoms with van der Waals surface area (Å²) in [5, 5.41) is 2.92. The van der Waals surface area contributed by atoms with Crippen LogP contribution in [-0.4, -0.2) is 11.0 Å². The summed E-state index contributed by atoms with van der Waals surface area (Å²) in [4.78, 5) is 28.8. The Morgan fingerprint density at radius 2 is 1.81 bits per heavy atom. The first-order chi connectivity index (χ1) is 12.6. The molecule has 2 heterocycles. The van der Waals surface area contributed by atoms with Crippen LogP contribution in [0.1, 0.15) is 6.92 Å². The van der Waals surface area contributed by atoms with Gasteiger partial charge < -0.3 is 9.15 Å². The van der Waals surface area contributed by atoms with E-state index in [1.54, 1.807) is 29.6 Å². The van der Waals surface area contributed by atoms with Crippen molar-refractivity contribution in [1.29, 1.82) is 0 Å². The number of rotatable bonds is 3. The Labute approximate surface area is 152 Å². The van der Waals surface area contributed by atoms with E-state index in [9.17, 15) is 9.59 Å². The summed E-state index contributed by atoms with van der Waals surface area (Å²) in [5.74, 6) is -0.573. The molecule has 0 aliphatic rings. The Morgan fingerprint density at radius 3 is 2.58 bits per heavy atom. The van der Waals surface area contributed by atoms with Gasteiger partial charge in [0.1, 0.15) is 16.3 Å². The third-order valence-electron chi connectivity index (χ3n) is 3.76. The zero-order valence-corrected chi connectivity index (χ0v) is 14.6. The van der Waals surface area contributed by atoms with Gasteiger partial charge in [-0.2, -0.15) is 0 Å². The second kappa shape index (κ2) is 6.57. The number of aromatic nitrogens is 1. The fourth-order valence-electron chi connectivity index (χ4n) is 2.62. The smallest absolute Gasteiger partial charge is 0.308 e. The minimum atomic E-state index is -0.590. The molecule has 0 aliphatic carbocycles. The fraction of sp³-hybridized carbons (Fsp3) is 0.0500. The number of benzene rings is 2. The van der Waals surface area contributed by atoms with Crippen LogP contribution >= 0.6 is 11.3 Å². The van der Waals surface area contributed by atoms with Crippen LogP contribution in [-0.2, 0) is 4.79 Å². The highest BCUT2D eigenvalue weighted by atomic mass is 32.1. The van der Waals surface area contributed by atoms with Crippen molar-refractivity contribution in [1.82, 2.24) is 4.98 Å². The first-order valence-electron chi connectivity index (χ1n) is 7.89. The lowest BCUT2D eigenvalue weighted by Gasteiger charge is -2.07. The largest absolute Gasteiger partial charge is 0.450 e. The van der Waals surface area contributed by atoms with Crippen LogP contribution in [0.25, 0.3) is 33.0 Å². The van der Waals surface area contributed by atoms with Gasteiger partial charge in [0.15, 0.2) is 0 Å². The van der Waals surface area contributed by atoms with Crippen molar-refractivity contribution in [2.75, 3.05) is 0 Å². The van der Waals surface area contributed by atoms with E-state index in [-0.39, 0.29) is 11.5 Å². The minimum absolute atomic E-state index is 0.138. The summed E-state index contributed by atoms with van der Waals surface area (Å²) in [5.41, 5.74) is 1.43. The molecule has 6 heteroatoms. The van der Waals surface area contributed by atoms with Crippen molar-refractivity contribution in [3.63, 3.8) is 0 Å². The molecule has 0 N–H and O–H groups in total. The molecule has 0 saturated heterocycles. The van der Waals surface area contributed by atoms with E-state index in [0.29, 0.717) is 16.7 Å². The number of ether oxygens (including phenoxy) is 1. The van der Waals surface area contributed by atoms with Crippen molar-refractivity contribution < 1.29 is 13.9 Å². The van der Waals surface area contributed by atoms with Crippen molar-refractivity contribution in [3.05, 3.63) is 70.2 Å². The molecule has 0 saturated carbocycles. The molecule has 26 heavy (non-hydrogen) atoms. The van der Waals surface area contributed by atoms with Crippen molar-refractivity contribution >= 4 is 28.3 Å². The summed E-state index contributed by atoms with van der Waals surface area (Å²) >= 11 is 1.42. The van der Waals surface area contributed by atoms with Crippen molar-refractivity contribution in [3.8, 4) is 27.8 Å². The molecule has 0 amide bonds. The van der Waals surface area contributed by atoms with Gasteiger partial charge in [0.05, 0.1) is 5.39 Å². The molecule has 0 radical (unpaired) electrons. The summed E-state index contributed by atoms with van der Waals surface area (Å²) in [6.07, 6.45) is 0. The predicted molar refractivity (Wildman–Crippen MR) is 100 cm³/mol. The van der Waals surface area contributed by atoms with Crippen LogP contribution in [0.3, 0.4) is 0 Å². The van der Waals surface area contributed by atoms with Crippen molar-refractivity contribution in [2.24, 2.45) is 0 Å². The van der Waals surface area contributed by atoms with Crippen molar-refractivity contribution in [2.45, 2.75) is 6.92 Å². The molecule has 4 aromatic rings. The Hall–Kier alpha value is -3.25. The maximum Gasteiger partial charge on any atom is 0.308 e. The first-order valence-corrected chi connectivity index (χ1v) is 8.77. The average molecular weight is 363 g/mol. The lowest BCUT2D eigenvalue weighted by Crippen LogP contribution is -2.13. The van der Waals surface area contributed by atoms with Gasteiger partial charge in [0.25, 0.3) is 0 Å². The maximum atomic E-state index is 12.8. The predicted octanol–water partition coefficient (Wildman–Crippen LogP) is 4.51. The third-order valence-corrected chi connectivity index (χ3v) is 4.65. The number of thiazole rings is 1. The van der Waals surface area contributed by atoms with Gasteiger partial charge >= 0.3 is 5.97 Å². The van der Waals surface area contributed by atoms with Gasteiger partial charge in [-0.3, -0.25) is 9.59 Å². The second-order valence-electron chi connectivity index (χ2n) is 5.58. The van der Waals surface area contributed by atoms with E-state index in [4.69, 9.17) is 9.15 Å². The van der Waals surface area contributed by atoms with E-state index in [1.165, 1.54) is 18.3 Å². The van der Waals surface area contributed by atoms with E-state index < -0.39 is 11.4 Å². The quantitative estimate of drug-likeness (QED) is 0.501. The number of carbonyl (C=O) groups is 1. The molecule has 0 atom stereocenters. The van der Waals surface area contributed by atoms with E-state index >= 15 is 0 Å². The van der Waals surface area contributed by atoms with Crippen LogP contribution in [0.5, 0.6) is 5.75 Å². The van der Waals surface area contributed by atoms with Crippen LogP contribution < -0.4 is 10.2 Å². The number of carbonyl (C=O) groups excluding carboxylic acids is 1. The highest BCUT2D eigenvalue weighted by Crippen LogP contribution is 2.34. The highest BCUT2D eigenvalue weighted by Gasteiger charge is 2.21. The summed E-state index contributed by atoms with van der Waals surface area (Å²) in [6, 6.07) is 16.5. The molecule has 0 spiro atoms. The van der Waals surface area contributed by atoms with E-state index in [0.717, 1.165) is 10.6 Å². The summed E-state index contributed by atoms with van der Waals surface area (Å²) in [7, 11) is 0. The average Bonchev–Trinajstić information content (AvgIpc) is 3.14. The number of para-hydroxylation sites is 1. The lowest BCUT2D eigenvalue weighted by molar-refractivity contribution is -0.131. The summed E-state index contributed by atoms with van der Waals surface area (Å²) < 4.78 is 11.0. The first kappa shape index (κ1) is 16.2. The Kier molecular flexibility index (Phi) is 4.10. The van der Waals surface area contributed by atoms with Crippen LogP contribution in [0, 0.1) is 0 Å². The number of hydrogen-bond donors (Lipinski definition) is 0. The number of fused-ring (bicyclic) bond motifs is 1. The minimum Gasteiger partial charge on any atom is -0.450 e. The molecular weight excluding hydrogens is 350 g/mol. The SMILES string of the molecule is CC(=O)Oc1c(-c2csc(-c3ccccc3)n2)oc2ccccc2c1=O. The molecule has 0 aliphatic heterocycles. The molecule has 2 aromatic carbocycles. The molecule has 0 bridgehead atoms. The Balaban J connectivity index is 1.92. The fourth-order valence-corrected chi connectivity index (χ4v) is 3.43. The van der Waals surface area contributed by atoms with Crippen LogP contribution in [0.4, 0.5) is 0 Å². The standard InChI is InChI=1S/C20H13NO4S/c1-12(22)24-19-17(23)14-9-5-6-10-16(14)25-18(19)15-11-26-20(21-15)13-7-3-2-4-8-13/h2-11H,1H3. The summed E-state index contributed by atoms with van der Waals surface area (Å²) in [6.45, 7) is 1.24. The highest BCUT2D eigenvalue weighted by molar-refractivity contribution is 7.13. The zero-order chi connectivity index (χ0) is 18.1. The van der Waals surface area contributed by atoms with Gasteiger partial charge in [0.2, 0.25) is 16.9 Å². The molecule has 128 valence electrons. The Morgan fingerprint density at radius 1 is 1.08 bits per heavy atom. The number of esters is 1. The number of nitrogens with zero attached hydrogens (tertiary/aromatic N) is 1. The van der Waals surface area contributed by atoms with Gasteiger partial charge in [-0.1, -0.05) is 42.5 Å². The van der Waals surface area contributed by atoms with Gasteiger partial charge in [-0.05, 0) is 12.1 Å². The van der Waals surface area contributed by atoms with E-state index in [1.807, 2.05) is 30.3 Å². The van der Waals surface area contributed by atoms with Crippen LogP contribution in [0.2, 0.25) is 0 Å². The normalized spacial score (nSPS) is 10.8. The molecular formula is C20H13NO4S. The van der Waals surface area contributed by atoms with Crippen LogP contribution in [0.15, 0.2) is 69.2 Å². The number of hydrogen-bond acceptors (Lipinski definition) is 6. The van der Waals surface area contributed by atoms with E-state index in [2.05, 4.69) is 4.98 Å². The lowest BCUT2D eigenvalue weighted by atomic mass is 10.2. The monoisotopic (exact) mass is 363 g/mol. The molecule has 0 unspecified atom stereocenters. The zero-order valence-electron chi connectivity index (χ0n) is 13.8. The molecule has 2 aromatic heterocycles. The Bertz CT molecular complexity index is 1160. The van der Waals surface area contributed by atoms with Gasteiger partial charge in [0, 0.05) is 17.9 Å². The van der Waals surface area contributed by atoms with Gasteiger partial charge in [-0.15, -0.1) is 11.3 Å². The topological polar surface area (TPSA) is 69.4 Å².